The SMILES string of the molecule is COCCCn1ncc2ccc(CC(CCCCC(O)(C(N)=O)C(C)C)C(C)C)cc21. The molecule has 6 heteroatoms. The van der Waals surface area contributed by atoms with Crippen molar-refractivity contribution in [2.24, 2.45) is 23.5 Å². The largest absolute Gasteiger partial charge is 0.385 e. The molecule has 3 N–H and O–H groups in total. The van der Waals surface area contributed by atoms with Gasteiger partial charge < -0.3 is 15.6 Å². The minimum absolute atomic E-state index is 0.175. The highest BCUT2D eigenvalue weighted by Gasteiger charge is 2.36. The third-order valence-corrected chi connectivity index (χ3v) is 6.63. The number of aryl methyl sites for hydroxylation is 1. The second-order valence-electron chi connectivity index (χ2n) is 9.50. The van der Waals surface area contributed by atoms with Crippen LogP contribution in [0.4, 0.5) is 0 Å². The van der Waals surface area contributed by atoms with Crippen molar-refractivity contribution < 1.29 is 14.6 Å². The highest BCUT2D eigenvalue weighted by atomic mass is 16.5. The predicted molar refractivity (Wildman–Crippen MR) is 126 cm³/mol. The highest BCUT2D eigenvalue weighted by molar-refractivity contribution is 5.83. The van der Waals surface area contributed by atoms with Crippen LogP contribution in [-0.2, 0) is 22.5 Å². The maximum Gasteiger partial charge on any atom is 0.249 e. The molecule has 2 rings (SSSR count). The van der Waals surface area contributed by atoms with Gasteiger partial charge in [0.1, 0.15) is 5.60 Å². The van der Waals surface area contributed by atoms with E-state index in [1.807, 2.05) is 20.0 Å². The van der Waals surface area contributed by atoms with Crippen molar-refractivity contribution in [1.82, 2.24) is 9.78 Å². The summed E-state index contributed by atoms with van der Waals surface area (Å²) >= 11 is 0. The van der Waals surface area contributed by atoms with E-state index in [4.69, 9.17) is 10.5 Å². The molecular formula is C25H41N3O3. The summed E-state index contributed by atoms with van der Waals surface area (Å²) in [4.78, 5) is 11.7. The topological polar surface area (TPSA) is 90.4 Å². The van der Waals surface area contributed by atoms with E-state index in [1.165, 1.54) is 16.5 Å². The molecule has 0 bridgehead atoms. The average molecular weight is 432 g/mol. The van der Waals surface area contributed by atoms with E-state index in [0.717, 1.165) is 45.3 Å². The van der Waals surface area contributed by atoms with Crippen molar-refractivity contribution in [2.75, 3.05) is 13.7 Å². The van der Waals surface area contributed by atoms with Crippen LogP contribution in [0.15, 0.2) is 24.4 Å². The Balaban J connectivity index is 1.99. The summed E-state index contributed by atoms with van der Waals surface area (Å²) < 4.78 is 7.23. The summed E-state index contributed by atoms with van der Waals surface area (Å²) in [5.41, 5.74) is 6.55. The van der Waals surface area contributed by atoms with Crippen LogP contribution in [-0.4, -0.2) is 40.1 Å². The minimum Gasteiger partial charge on any atom is -0.385 e. The average Bonchev–Trinajstić information content (AvgIpc) is 3.12. The highest BCUT2D eigenvalue weighted by Crippen LogP contribution is 2.28. The number of unbranched alkanes of at least 4 members (excludes halogenated alkanes) is 1. The van der Waals surface area contributed by atoms with Crippen molar-refractivity contribution in [3.8, 4) is 0 Å². The molecule has 0 fully saturated rings. The summed E-state index contributed by atoms with van der Waals surface area (Å²) in [6.45, 7) is 9.82. The molecule has 1 aromatic heterocycles. The fraction of sp³-hybridized carbons (Fsp3) is 0.680. The fourth-order valence-corrected chi connectivity index (χ4v) is 4.25. The Bertz CT molecular complexity index is 831. The first-order valence-electron chi connectivity index (χ1n) is 11.6. The van der Waals surface area contributed by atoms with Gasteiger partial charge in [-0.15, -0.1) is 0 Å². The Labute approximate surface area is 187 Å². The number of fused-ring (bicyclic) bond motifs is 1. The van der Waals surface area contributed by atoms with Gasteiger partial charge in [0.15, 0.2) is 0 Å². The quantitative estimate of drug-likeness (QED) is 0.436. The lowest BCUT2D eigenvalue weighted by atomic mass is 9.82. The first-order chi connectivity index (χ1) is 14.7. The molecule has 2 aromatic rings. The van der Waals surface area contributed by atoms with Crippen LogP contribution < -0.4 is 5.73 Å². The number of rotatable bonds is 14. The Kier molecular flexibility index (Phi) is 9.51. The van der Waals surface area contributed by atoms with Crippen molar-refractivity contribution >= 4 is 16.8 Å². The molecule has 0 spiro atoms. The molecule has 0 aliphatic carbocycles. The van der Waals surface area contributed by atoms with Gasteiger partial charge in [0.25, 0.3) is 0 Å². The maximum atomic E-state index is 11.7. The summed E-state index contributed by atoms with van der Waals surface area (Å²) in [6.07, 6.45) is 7.16. The van der Waals surface area contributed by atoms with E-state index in [-0.39, 0.29) is 5.92 Å². The molecule has 0 aliphatic heterocycles. The molecular weight excluding hydrogens is 390 g/mol. The standard InChI is InChI=1S/C25H41N3O3/c1-18(2)21(9-6-7-12-25(30,19(3)4)24(26)29)15-20-10-11-22-17-27-28(23(22)16-20)13-8-14-31-5/h10-11,16-19,21,30H,6-9,12-15H2,1-5H3,(H2,26,29). The number of carbonyl (C=O) groups excluding carboxylic acids is 1. The molecule has 31 heavy (non-hydrogen) atoms. The lowest BCUT2D eigenvalue weighted by molar-refractivity contribution is -0.142. The predicted octanol–water partition coefficient (Wildman–Crippen LogP) is 4.32. The van der Waals surface area contributed by atoms with Gasteiger partial charge in [0.2, 0.25) is 5.91 Å². The lowest BCUT2D eigenvalue weighted by Crippen LogP contribution is -2.48. The fourth-order valence-electron chi connectivity index (χ4n) is 4.25. The first kappa shape index (κ1) is 25.3. The monoisotopic (exact) mass is 431 g/mol. The first-order valence-corrected chi connectivity index (χ1v) is 11.6. The molecule has 1 heterocycles. The van der Waals surface area contributed by atoms with Gasteiger partial charge in [-0.2, -0.15) is 5.10 Å². The van der Waals surface area contributed by atoms with Crippen molar-refractivity contribution in [1.29, 1.82) is 0 Å². The molecule has 1 aromatic carbocycles. The van der Waals surface area contributed by atoms with E-state index in [2.05, 4.69) is 41.8 Å². The molecule has 0 saturated carbocycles. The van der Waals surface area contributed by atoms with Crippen LogP contribution in [0, 0.1) is 17.8 Å². The van der Waals surface area contributed by atoms with Gasteiger partial charge in [-0.05, 0) is 55.1 Å². The van der Waals surface area contributed by atoms with Crippen LogP contribution in [0.3, 0.4) is 0 Å². The zero-order chi connectivity index (χ0) is 23.0. The number of amides is 1. The van der Waals surface area contributed by atoms with Crippen LogP contribution in [0.2, 0.25) is 0 Å². The summed E-state index contributed by atoms with van der Waals surface area (Å²) in [5.74, 6) is 0.315. The zero-order valence-corrected chi connectivity index (χ0v) is 19.9. The molecule has 174 valence electrons. The van der Waals surface area contributed by atoms with Crippen molar-refractivity contribution in [3.05, 3.63) is 30.0 Å². The normalized spacial score (nSPS) is 15.0. The van der Waals surface area contributed by atoms with Crippen molar-refractivity contribution in [2.45, 2.75) is 78.4 Å². The molecule has 1 amide bonds. The third kappa shape index (κ3) is 6.78. The van der Waals surface area contributed by atoms with E-state index < -0.39 is 11.5 Å². The van der Waals surface area contributed by atoms with Gasteiger partial charge in [0, 0.05) is 25.6 Å². The van der Waals surface area contributed by atoms with E-state index in [0.29, 0.717) is 18.3 Å². The molecule has 0 saturated heterocycles. The van der Waals surface area contributed by atoms with Crippen molar-refractivity contribution in [3.63, 3.8) is 0 Å². The number of ether oxygens (including phenoxy) is 1. The number of aromatic nitrogens is 2. The summed E-state index contributed by atoms with van der Waals surface area (Å²) in [6, 6.07) is 6.65. The molecule has 0 radical (unpaired) electrons. The number of aliphatic hydroxyl groups is 1. The Hall–Kier alpha value is -1.92. The Morgan fingerprint density at radius 2 is 1.97 bits per heavy atom. The van der Waals surface area contributed by atoms with E-state index >= 15 is 0 Å². The second-order valence-corrected chi connectivity index (χ2v) is 9.50. The molecule has 2 unspecified atom stereocenters. The molecule has 2 atom stereocenters. The number of nitrogens with two attached hydrogens (primary N) is 1. The number of benzene rings is 1. The van der Waals surface area contributed by atoms with E-state index in [1.54, 1.807) is 7.11 Å². The minimum atomic E-state index is -1.40. The van der Waals surface area contributed by atoms with Crippen LogP contribution in [0.25, 0.3) is 10.9 Å². The molecule has 0 aliphatic rings. The Morgan fingerprint density at radius 1 is 1.23 bits per heavy atom. The van der Waals surface area contributed by atoms with E-state index in [9.17, 15) is 9.90 Å². The summed E-state index contributed by atoms with van der Waals surface area (Å²) in [5, 5.41) is 16.3. The number of primary amides is 1. The van der Waals surface area contributed by atoms with Crippen LogP contribution in [0.5, 0.6) is 0 Å². The third-order valence-electron chi connectivity index (χ3n) is 6.63. The van der Waals surface area contributed by atoms with Gasteiger partial charge in [-0.25, -0.2) is 0 Å². The van der Waals surface area contributed by atoms with Gasteiger partial charge in [-0.1, -0.05) is 52.7 Å². The van der Waals surface area contributed by atoms with Gasteiger partial charge in [0.05, 0.1) is 11.7 Å². The number of carbonyl (C=O) groups is 1. The lowest BCUT2D eigenvalue weighted by Gasteiger charge is -2.29. The van der Waals surface area contributed by atoms with Gasteiger partial charge in [-0.3, -0.25) is 9.48 Å². The van der Waals surface area contributed by atoms with Crippen LogP contribution >= 0.6 is 0 Å². The second kappa shape index (κ2) is 11.6. The number of methoxy groups -OCH3 is 1. The summed E-state index contributed by atoms with van der Waals surface area (Å²) in [7, 11) is 1.72. The maximum absolute atomic E-state index is 11.7. The number of nitrogens with zero attached hydrogens (tertiary/aromatic N) is 2. The van der Waals surface area contributed by atoms with Crippen LogP contribution in [0.1, 0.15) is 65.4 Å². The van der Waals surface area contributed by atoms with Gasteiger partial charge >= 0.3 is 0 Å². The smallest absolute Gasteiger partial charge is 0.249 e. The zero-order valence-electron chi connectivity index (χ0n) is 19.9. The number of hydrogen-bond donors (Lipinski definition) is 2. The molecule has 6 nitrogen and oxygen atoms in total. The number of hydrogen-bond acceptors (Lipinski definition) is 4. The Morgan fingerprint density at radius 3 is 2.58 bits per heavy atom.